The van der Waals surface area contributed by atoms with Gasteiger partial charge in [-0.05, 0) is 31.2 Å². The van der Waals surface area contributed by atoms with Gasteiger partial charge in [-0.1, -0.05) is 0 Å². The van der Waals surface area contributed by atoms with Gasteiger partial charge in [0.2, 0.25) is 0 Å². The van der Waals surface area contributed by atoms with Crippen LogP contribution in [0.1, 0.15) is 23.1 Å². The molecule has 0 radical (unpaired) electrons. The molecule has 6 heteroatoms. The Morgan fingerprint density at radius 1 is 1.36 bits per heavy atom. The number of hydrogen-bond acceptors (Lipinski definition) is 3. The highest BCUT2D eigenvalue weighted by molar-refractivity contribution is 5.98. The Kier molecular flexibility index (Phi) is 4.28. The van der Waals surface area contributed by atoms with Gasteiger partial charge in [-0.25, -0.2) is 4.98 Å². The second-order valence-corrected chi connectivity index (χ2v) is 6.49. The summed E-state index contributed by atoms with van der Waals surface area (Å²) in [6, 6.07) is 7.78. The summed E-state index contributed by atoms with van der Waals surface area (Å²) in [7, 11) is 0. The monoisotopic (exact) mass is 338 g/mol. The summed E-state index contributed by atoms with van der Waals surface area (Å²) >= 11 is 0. The standard InChI is InChI=1S/C19H22N4O2/c1-2-25-13-14-10-22-8-7-21-18(22)12-23(11-14)19(24)16-3-4-17-15(9-16)5-6-20-17/h3-9,14,20H,2,10-13H2,1H3. The van der Waals surface area contributed by atoms with E-state index in [9.17, 15) is 4.79 Å². The van der Waals surface area contributed by atoms with E-state index in [1.54, 1.807) is 6.20 Å². The van der Waals surface area contributed by atoms with Crippen LogP contribution in [0.2, 0.25) is 0 Å². The topological polar surface area (TPSA) is 63.1 Å². The summed E-state index contributed by atoms with van der Waals surface area (Å²) in [5.41, 5.74) is 1.75. The predicted octanol–water partition coefficient (Wildman–Crippen LogP) is 2.67. The van der Waals surface area contributed by atoms with Crippen molar-refractivity contribution in [3.63, 3.8) is 0 Å². The zero-order valence-electron chi connectivity index (χ0n) is 14.3. The van der Waals surface area contributed by atoms with Crippen LogP contribution < -0.4 is 0 Å². The third-order valence-corrected chi connectivity index (χ3v) is 4.71. The van der Waals surface area contributed by atoms with Crippen LogP contribution in [0.5, 0.6) is 0 Å². The molecule has 1 unspecified atom stereocenters. The van der Waals surface area contributed by atoms with E-state index in [2.05, 4.69) is 14.5 Å². The van der Waals surface area contributed by atoms with Gasteiger partial charge in [0.25, 0.3) is 5.91 Å². The molecule has 1 aliphatic heterocycles. The molecule has 0 aliphatic carbocycles. The molecule has 2 aromatic heterocycles. The number of amides is 1. The molecule has 6 nitrogen and oxygen atoms in total. The van der Waals surface area contributed by atoms with Crippen molar-refractivity contribution >= 4 is 16.8 Å². The van der Waals surface area contributed by atoms with Crippen molar-refractivity contribution in [2.24, 2.45) is 5.92 Å². The summed E-state index contributed by atoms with van der Waals surface area (Å²) in [6.07, 6.45) is 5.67. The number of nitrogens with one attached hydrogen (secondary N) is 1. The van der Waals surface area contributed by atoms with E-state index in [1.807, 2.05) is 48.5 Å². The van der Waals surface area contributed by atoms with E-state index in [1.165, 1.54) is 0 Å². The van der Waals surface area contributed by atoms with E-state index < -0.39 is 0 Å². The second kappa shape index (κ2) is 6.72. The first-order chi connectivity index (χ1) is 12.2. The summed E-state index contributed by atoms with van der Waals surface area (Å²) in [6.45, 7) is 5.36. The highest BCUT2D eigenvalue weighted by Gasteiger charge is 2.26. The summed E-state index contributed by atoms with van der Waals surface area (Å²) in [5.74, 6) is 1.23. The van der Waals surface area contributed by atoms with Gasteiger partial charge in [0.05, 0.1) is 13.2 Å². The van der Waals surface area contributed by atoms with Crippen LogP contribution in [0, 0.1) is 5.92 Å². The van der Waals surface area contributed by atoms with E-state index in [4.69, 9.17) is 4.74 Å². The molecule has 0 fully saturated rings. The first-order valence-corrected chi connectivity index (χ1v) is 8.68. The number of fused-ring (bicyclic) bond motifs is 2. The fourth-order valence-electron chi connectivity index (χ4n) is 3.45. The lowest BCUT2D eigenvalue weighted by molar-refractivity contribution is 0.0618. The Hall–Kier alpha value is -2.60. The van der Waals surface area contributed by atoms with Crippen LogP contribution in [-0.2, 0) is 17.8 Å². The average molecular weight is 338 g/mol. The quantitative estimate of drug-likeness (QED) is 0.795. The Morgan fingerprint density at radius 3 is 3.16 bits per heavy atom. The number of aromatic nitrogens is 3. The van der Waals surface area contributed by atoms with Crippen molar-refractivity contribution < 1.29 is 9.53 Å². The number of aromatic amines is 1. The molecule has 1 N–H and O–H groups in total. The fourth-order valence-corrected chi connectivity index (χ4v) is 3.45. The van der Waals surface area contributed by atoms with E-state index in [0.717, 1.165) is 23.3 Å². The summed E-state index contributed by atoms with van der Waals surface area (Å²) in [4.78, 5) is 22.6. The molecular weight excluding hydrogens is 316 g/mol. The molecular formula is C19H22N4O2. The molecule has 1 aromatic carbocycles. The number of carbonyl (C=O) groups excluding carboxylic acids is 1. The number of benzene rings is 1. The van der Waals surface area contributed by atoms with Gasteiger partial charge >= 0.3 is 0 Å². The Morgan fingerprint density at radius 2 is 2.28 bits per heavy atom. The lowest BCUT2D eigenvalue weighted by Gasteiger charge is -2.24. The molecule has 3 heterocycles. The molecule has 25 heavy (non-hydrogen) atoms. The minimum absolute atomic E-state index is 0.0426. The average Bonchev–Trinajstić information content (AvgIpc) is 3.23. The minimum atomic E-state index is 0.0426. The van der Waals surface area contributed by atoms with Crippen LogP contribution in [0.3, 0.4) is 0 Å². The Balaban J connectivity index is 1.61. The maximum Gasteiger partial charge on any atom is 0.254 e. The molecule has 0 saturated carbocycles. The van der Waals surface area contributed by atoms with Crippen LogP contribution >= 0.6 is 0 Å². The van der Waals surface area contributed by atoms with Gasteiger partial charge in [-0.15, -0.1) is 0 Å². The number of rotatable bonds is 4. The predicted molar refractivity (Wildman–Crippen MR) is 95.2 cm³/mol. The van der Waals surface area contributed by atoms with E-state index in [-0.39, 0.29) is 11.8 Å². The molecule has 0 spiro atoms. The normalized spacial score (nSPS) is 17.5. The number of hydrogen-bond donors (Lipinski definition) is 1. The molecule has 130 valence electrons. The first kappa shape index (κ1) is 15.9. The zero-order valence-corrected chi connectivity index (χ0v) is 14.3. The van der Waals surface area contributed by atoms with E-state index in [0.29, 0.717) is 31.9 Å². The number of carbonyl (C=O) groups is 1. The van der Waals surface area contributed by atoms with Crippen molar-refractivity contribution in [1.82, 2.24) is 19.4 Å². The maximum atomic E-state index is 13.1. The fraction of sp³-hybridized carbons (Fsp3) is 0.368. The molecule has 4 rings (SSSR count). The molecule has 1 atom stereocenters. The van der Waals surface area contributed by atoms with Crippen molar-refractivity contribution in [1.29, 1.82) is 0 Å². The summed E-state index contributed by atoms with van der Waals surface area (Å²) < 4.78 is 7.76. The molecule has 1 aliphatic rings. The third kappa shape index (κ3) is 3.17. The van der Waals surface area contributed by atoms with Crippen LogP contribution in [0.4, 0.5) is 0 Å². The van der Waals surface area contributed by atoms with Gasteiger partial charge < -0.3 is 19.2 Å². The van der Waals surface area contributed by atoms with Gasteiger partial charge in [-0.2, -0.15) is 0 Å². The van der Waals surface area contributed by atoms with E-state index >= 15 is 0 Å². The zero-order chi connectivity index (χ0) is 17.2. The van der Waals surface area contributed by atoms with Crippen molar-refractivity contribution in [3.8, 4) is 0 Å². The SMILES string of the molecule is CCOCC1CN(C(=O)c2ccc3[nH]ccc3c2)Cc2nccn2C1. The largest absolute Gasteiger partial charge is 0.381 e. The second-order valence-electron chi connectivity index (χ2n) is 6.49. The molecule has 0 saturated heterocycles. The molecule has 3 aromatic rings. The van der Waals surface area contributed by atoms with Gasteiger partial charge in [0.1, 0.15) is 5.82 Å². The van der Waals surface area contributed by atoms with Crippen molar-refractivity contribution in [3.05, 3.63) is 54.2 Å². The Labute approximate surface area is 146 Å². The molecule has 1 amide bonds. The van der Waals surface area contributed by atoms with Crippen LogP contribution in [-0.4, -0.2) is 45.1 Å². The highest BCUT2D eigenvalue weighted by Crippen LogP contribution is 2.20. The number of H-pyrrole nitrogens is 1. The van der Waals surface area contributed by atoms with Crippen LogP contribution in [0.25, 0.3) is 10.9 Å². The first-order valence-electron chi connectivity index (χ1n) is 8.68. The van der Waals surface area contributed by atoms with Crippen molar-refractivity contribution in [2.45, 2.75) is 20.0 Å². The number of ether oxygens (including phenoxy) is 1. The smallest absolute Gasteiger partial charge is 0.254 e. The third-order valence-electron chi connectivity index (χ3n) is 4.71. The van der Waals surface area contributed by atoms with Gasteiger partial charge in [-0.3, -0.25) is 4.79 Å². The highest BCUT2D eigenvalue weighted by atomic mass is 16.5. The number of nitrogens with zero attached hydrogens (tertiary/aromatic N) is 3. The maximum absolute atomic E-state index is 13.1. The minimum Gasteiger partial charge on any atom is -0.381 e. The van der Waals surface area contributed by atoms with Gasteiger partial charge in [0.15, 0.2) is 0 Å². The number of imidazole rings is 1. The van der Waals surface area contributed by atoms with Crippen LogP contribution in [0.15, 0.2) is 42.9 Å². The van der Waals surface area contributed by atoms with Gasteiger partial charge in [0, 0.05) is 60.7 Å². The lowest BCUT2D eigenvalue weighted by atomic mass is 10.1. The van der Waals surface area contributed by atoms with Crippen molar-refractivity contribution in [2.75, 3.05) is 19.8 Å². The lowest BCUT2D eigenvalue weighted by Crippen LogP contribution is -2.35. The summed E-state index contributed by atoms with van der Waals surface area (Å²) in [5, 5.41) is 1.05. The Bertz CT molecular complexity index is 882. The molecule has 0 bridgehead atoms.